The van der Waals surface area contributed by atoms with Gasteiger partial charge in [0.25, 0.3) is 0 Å². The second-order valence-electron chi connectivity index (χ2n) is 8.58. The molecule has 0 amide bonds. The maximum atomic E-state index is 6.39. The number of ether oxygens (including phenoxy) is 1. The lowest BCUT2D eigenvalue weighted by Crippen LogP contribution is -2.14. The first-order chi connectivity index (χ1) is 15.1. The van der Waals surface area contributed by atoms with E-state index in [4.69, 9.17) is 14.1 Å². The van der Waals surface area contributed by atoms with Crippen LogP contribution in [0.1, 0.15) is 74.9 Å². The molecule has 1 fully saturated rings. The molecule has 2 aliphatic rings. The van der Waals surface area contributed by atoms with E-state index in [1.165, 1.54) is 40.0 Å². The summed E-state index contributed by atoms with van der Waals surface area (Å²) in [6, 6.07) is 8.61. The first-order valence-electron chi connectivity index (χ1n) is 11.5. The lowest BCUT2D eigenvalue weighted by molar-refractivity contribution is 0.0786. The molecule has 0 atom stereocenters. The van der Waals surface area contributed by atoms with Gasteiger partial charge in [-0.25, -0.2) is 4.98 Å². The summed E-state index contributed by atoms with van der Waals surface area (Å²) in [4.78, 5) is 6.21. The molecule has 2 aromatic rings. The van der Waals surface area contributed by atoms with Crippen LogP contribution in [0.25, 0.3) is 5.57 Å². The van der Waals surface area contributed by atoms with Crippen LogP contribution < -0.4 is 0 Å². The van der Waals surface area contributed by atoms with Crippen molar-refractivity contribution in [3.8, 4) is 0 Å². The molecule has 31 heavy (non-hydrogen) atoms. The Morgan fingerprint density at radius 1 is 1.13 bits per heavy atom. The fourth-order valence-electron chi connectivity index (χ4n) is 4.11. The molecule has 0 spiro atoms. The van der Waals surface area contributed by atoms with E-state index in [-0.39, 0.29) is 0 Å². The quantitative estimate of drug-likeness (QED) is 0.422. The van der Waals surface area contributed by atoms with Crippen molar-refractivity contribution in [3.63, 3.8) is 0 Å². The average Bonchev–Trinajstić information content (AvgIpc) is 3.23. The van der Waals surface area contributed by atoms with Crippen LogP contribution in [0.3, 0.4) is 0 Å². The van der Waals surface area contributed by atoms with Gasteiger partial charge in [-0.2, -0.15) is 0 Å². The van der Waals surface area contributed by atoms with Gasteiger partial charge < -0.3 is 9.15 Å². The maximum absolute atomic E-state index is 6.39. The van der Waals surface area contributed by atoms with E-state index in [1.807, 2.05) is 0 Å². The van der Waals surface area contributed by atoms with Gasteiger partial charge in [-0.05, 0) is 80.5 Å². The molecular formula is C27H33NO2S. The zero-order valence-corrected chi connectivity index (χ0v) is 19.6. The summed E-state index contributed by atoms with van der Waals surface area (Å²) in [6.45, 7) is 10.2. The molecule has 1 aliphatic heterocycles. The van der Waals surface area contributed by atoms with Gasteiger partial charge in [0, 0.05) is 24.0 Å². The monoisotopic (exact) mass is 435 g/mol. The first-order valence-corrected chi connectivity index (χ1v) is 12.4. The van der Waals surface area contributed by atoms with Gasteiger partial charge in [0.1, 0.15) is 5.69 Å². The van der Waals surface area contributed by atoms with Crippen molar-refractivity contribution < 1.29 is 9.15 Å². The van der Waals surface area contributed by atoms with Gasteiger partial charge in [-0.15, -0.1) is 0 Å². The molecule has 4 rings (SSSR count). The minimum atomic E-state index is 0.351. The molecule has 1 aliphatic carbocycles. The van der Waals surface area contributed by atoms with Crippen molar-refractivity contribution in [2.24, 2.45) is 0 Å². The van der Waals surface area contributed by atoms with Gasteiger partial charge >= 0.3 is 0 Å². The number of hydrogen-bond donors (Lipinski definition) is 0. The van der Waals surface area contributed by atoms with Crippen molar-refractivity contribution in [2.75, 3.05) is 13.2 Å². The lowest BCUT2D eigenvalue weighted by atomic mass is 9.90. The Morgan fingerprint density at radius 2 is 1.90 bits per heavy atom. The Balaban J connectivity index is 1.61. The van der Waals surface area contributed by atoms with E-state index in [9.17, 15) is 0 Å². The smallest absolute Gasteiger partial charge is 0.199 e. The molecule has 164 valence electrons. The van der Waals surface area contributed by atoms with Crippen LogP contribution in [0.4, 0.5) is 0 Å². The first kappa shape index (κ1) is 22.2. The third-order valence-corrected chi connectivity index (χ3v) is 7.12. The summed E-state index contributed by atoms with van der Waals surface area (Å²) >= 11 is 1.68. The Labute approximate surface area is 190 Å². The highest BCUT2D eigenvalue weighted by Crippen LogP contribution is 2.40. The summed E-state index contributed by atoms with van der Waals surface area (Å²) in [5.74, 6) is 1.22. The summed E-state index contributed by atoms with van der Waals surface area (Å²) in [5, 5.41) is 0.915. The van der Waals surface area contributed by atoms with Crippen LogP contribution >= 0.6 is 11.8 Å². The van der Waals surface area contributed by atoms with Crippen LogP contribution in [0.15, 0.2) is 68.5 Å². The Hall–Kier alpha value is -2.04. The number of aromatic nitrogens is 1. The zero-order valence-electron chi connectivity index (χ0n) is 18.8. The molecule has 0 radical (unpaired) electrons. The van der Waals surface area contributed by atoms with Gasteiger partial charge in [-0.3, -0.25) is 0 Å². The number of oxazole rings is 1. The van der Waals surface area contributed by atoms with E-state index in [1.54, 1.807) is 11.8 Å². The summed E-state index contributed by atoms with van der Waals surface area (Å²) in [7, 11) is 0. The molecule has 2 heterocycles. The van der Waals surface area contributed by atoms with Gasteiger partial charge in [0.2, 0.25) is 0 Å². The van der Waals surface area contributed by atoms with Crippen LogP contribution in [-0.2, 0) is 4.74 Å². The molecule has 4 heteroatoms. The molecule has 1 aromatic heterocycles. The van der Waals surface area contributed by atoms with Crippen LogP contribution in [-0.4, -0.2) is 18.2 Å². The highest BCUT2D eigenvalue weighted by Gasteiger charge is 2.26. The number of aryl methyl sites for hydroxylation is 1. The Morgan fingerprint density at radius 3 is 2.58 bits per heavy atom. The second kappa shape index (κ2) is 10.5. The molecular weight excluding hydrogens is 402 g/mol. The van der Waals surface area contributed by atoms with Crippen molar-refractivity contribution in [1.29, 1.82) is 0 Å². The summed E-state index contributed by atoms with van der Waals surface area (Å²) < 4.78 is 11.9. The number of allylic oxidation sites excluding steroid dienone is 5. The van der Waals surface area contributed by atoms with Crippen LogP contribution in [0.2, 0.25) is 0 Å². The van der Waals surface area contributed by atoms with Crippen molar-refractivity contribution >= 4 is 17.3 Å². The second-order valence-corrected chi connectivity index (χ2v) is 9.63. The highest BCUT2D eigenvalue weighted by molar-refractivity contribution is 7.99. The van der Waals surface area contributed by atoms with Crippen LogP contribution in [0.5, 0.6) is 0 Å². The van der Waals surface area contributed by atoms with Crippen molar-refractivity contribution in [1.82, 2.24) is 4.98 Å². The standard InChI is InChI=1S/C27H33NO2S/c1-4-5-6-20(3)21-9-11-22(12-10-21)25-27(31-24-13-7-19(2)8-14-24)30-26(28-25)23-15-17-29-18-16-23/h7-9,11,13-14,23H,3-6,10,12,15-18H2,1-2H3. The predicted molar refractivity (Wildman–Crippen MR) is 129 cm³/mol. The highest BCUT2D eigenvalue weighted by atomic mass is 32.2. The third-order valence-electron chi connectivity index (χ3n) is 6.15. The third kappa shape index (κ3) is 5.61. The SMILES string of the molecule is C=C(CCCC)C1=CC=C(c2nc(C3CCOCC3)oc2Sc2ccc(C)cc2)CC1. The Kier molecular flexibility index (Phi) is 7.52. The predicted octanol–water partition coefficient (Wildman–Crippen LogP) is 7.88. The molecule has 0 unspecified atom stereocenters. The average molecular weight is 436 g/mol. The van der Waals surface area contributed by atoms with Gasteiger partial charge in [0.15, 0.2) is 11.0 Å². The van der Waals surface area contributed by atoms with Gasteiger partial charge in [-0.1, -0.05) is 55.3 Å². The van der Waals surface area contributed by atoms with E-state index in [0.717, 1.165) is 62.0 Å². The molecule has 0 saturated carbocycles. The molecule has 0 bridgehead atoms. The topological polar surface area (TPSA) is 35.3 Å². The number of rotatable bonds is 8. The normalized spacial score (nSPS) is 17.4. The van der Waals surface area contributed by atoms with E-state index < -0.39 is 0 Å². The Bertz CT molecular complexity index is 962. The van der Waals surface area contributed by atoms with E-state index in [0.29, 0.717) is 5.92 Å². The van der Waals surface area contributed by atoms with Crippen LogP contribution in [0, 0.1) is 6.92 Å². The number of hydrogen-bond acceptors (Lipinski definition) is 4. The largest absolute Gasteiger partial charge is 0.433 e. The fraction of sp³-hybridized carbons (Fsp3) is 0.444. The van der Waals surface area contributed by atoms with Gasteiger partial charge in [0.05, 0.1) is 0 Å². The summed E-state index contributed by atoms with van der Waals surface area (Å²) in [6.07, 6.45) is 12.0. The molecule has 3 nitrogen and oxygen atoms in total. The summed E-state index contributed by atoms with van der Waals surface area (Å²) in [5.41, 5.74) is 6.22. The minimum Gasteiger partial charge on any atom is -0.433 e. The molecule has 1 saturated heterocycles. The number of unbranched alkanes of at least 4 members (excludes halogenated alkanes) is 1. The molecule has 1 aromatic carbocycles. The van der Waals surface area contributed by atoms with E-state index in [2.05, 4.69) is 56.8 Å². The molecule has 0 N–H and O–H groups in total. The minimum absolute atomic E-state index is 0.351. The zero-order chi connectivity index (χ0) is 21.6. The van der Waals surface area contributed by atoms with Crippen molar-refractivity contribution in [2.45, 2.75) is 74.7 Å². The number of nitrogens with zero attached hydrogens (tertiary/aromatic N) is 1. The van der Waals surface area contributed by atoms with E-state index >= 15 is 0 Å². The number of benzene rings is 1. The maximum Gasteiger partial charge on any atom is 0.199 e. The lowest BCUT2D eigenvalue weighted by Gasteiger charge is -2.18. The van der Waals surface area contributed by atoms with Crippen molar-refractivity contribution in [3.05, 3.63) is 71.3 Å². The fourth-order valence-corrected chi connectivity index (χ4v) is 4.99.